The van der Waals surface area contributed by atoms with Gasteiger partial charge in [0.2, 0.25) is 0 Å². The van der Waals surface area contributed by atoms with E-state index in [9.17, 15) is 18.0 Å². The second-order valence-electron chi connectivity index (χ2n) is 3.80. The number of carbonyl (C=O) groups excluding carboxylic acids is 1. The van der Waals surface area contributed by atoms with E-state index in [0.717, 1.165) is 5.56 Å². The Kier molecular flexibility index (Phi) is 3.80. The number of rotatable bonds is 3. The first-order chi connectivity index (χ1) is 7.76. The monoisotopic (exact) mass is 246 g/mol. The minimum Gasteiger partial charge on any atom is -0.496 e. The van der Waals surface area contributed by atoms with Crippen molar-refractivity contribution < 1.29 is 22.7 Å². The number of carbonyl (C=O) groups is 1. The average molecular weight is 246 g/mol. The molecule has 1 aromatic carbocycles. The zero-order valence-corrected chi connectivity index (χ0v) is 9.81. The SMILES string of the molecule is COc1c(C(=O)CC(F)(F)F)ccc(C)c1C. The molecule has 0 fully saturated rings. The highest BCUT2D eigenvalue weighted by Crippen LogP contribution is 2.30. The van der Waals surface area contributed by atoms with Gasteiger partial charge in [-0.2, -0.15) is 13.2 Å². The van der Waals surface area contributed by atoms with Crippen molar-refractivity contribution in [3.8, 4) is 5.75 Å². The largest absolute Gasteiger partial charge is 0.496 e. The minimum atomic E-state index is -4.50. The van der Waals surface area contributed by atoms with E-state index in [-0.39, 0.29) is 11.3 Å². The Labute approximate surface area is 97.4 Å². The summed E-state index contributed by atoms with van der Waals surface area (Å²) in [6.07, 6.45) is -5.97. The van der Waals surface area contributed by atoms with Gasteiger partial charge in [0, 0.05) is 0 Å². The maximum absolute atomic E-state index is 12.1. The molecule has 0 atom stereocenters. The Morgan fingerprint density at radius 3 is 2.35 bits per heavy atom. The first-order valence-corrected chi connectivity index (χ1v) is 5.00. The van der Waals surface area contributed by atoms with E-state index in [1.807, 2.05) is 0 Å². The number of hydrogen-bond donors (Lipinski definition) is 0. The Morgan fingerprint density at radius 1 is 1.29 bits per heavy atom. The van der Waals surface area contributed by atoms with Crippen LogP contribution in [0.1, 0.15) is 27.9 Å². The van der Waals surface area contributed by atoms with E-state index in [1.54, 1.807) is 19.9 Å². The summed E-state index contributed by atoms with van der Waals surface area (Å²) >= 11 is 0. The predicted molar refractivity (Wildman–Crippen MR) is 57.5 cm³/mol. The lowest BCUT2D eigenvalue weighted by atomic mass is 10.00. The van der Waals surface area contributed by atoms with E-state index in [0.29, 0.717) is 5.56 Å². The fraction of sp³-hybridized carbons (Fsp3) is 0.417. The lowest BCUT2D eigenvalue weighted by Crippen LogP contribution is -2.16. The molecule has 1 rings (SSSR count). The van der Waals surface area contributed by atoms with Crippen molar-refractivity contribution in [3.63, 3.8) is 0 Å². The fourth-order valence-electron chi connectivity index (χ4n) is 1.55. The van der Waals surface area contributed by atoms with Crippen LogP contribution in [0.2, 0.25) is 0 Å². The summed E-state index contributed by atoms with van der Waals surface area (Å²) in [5, 5.41) is 0. The minimum absolute atomic E-state index is 0.0204. The van der Waals surface area contributed by atoms with Crippen molar-refractivity contribution in [2.24, 2.45) is 0 Å². The maximum atomic E-state index is 12.1. The molecular formula is C12H13F3O2. The van der Waals surface area contributed by atoms with Gasteiger partial charge in [-0.15, -0.1) is 0 Å². The highest BCUT2D eigenvalue weighted by Gasteiger charge is 2.32. The molecule has 0 aromatic heterocycles. The topological polar surface area (TPSA) is 26.3 Å². The zero-order chi connectivity index (χ0) is 13.2. The number of ether oxygens (including phenoxy) is 1. The number of halogens is 3. The summed E-state index contributed by atoms with van der Waals surface area (Å²) in [4.78, 5) is 11.5. The van der Waals surface area contributed by atoms with Gasteiger partial charge >= 0.3 is 6.18 Å². The molecule has 0 saturated carbocycles. The smallest absolute Gasteiger partial charge is 0.396 e. The van der Waals surface area contributed by atoms with Gasteiger partial charge in [0.1, 0.15) is 12.2 Å². The lowest BCUT2D eigenvalue weighted by molar-refractivity contribution is -0.125. The Balaban J connectivity index is 3.14. The van der Waals surface area contributed by atoms with Crippen molar-refractivity contribution in [2.45, 2.75) is 26.4 Å². The number of hydrogen-bond acceptors (Lipinski definition) is 2. The summed E-state index contributed by atoms with van der Waals surface area (Å²) < 4.78 is 41.4. The standard InChI is InChI=1S/C12H13F3O2/c1-7-4-5-9(11(17-3)8(7)2)10(16)6-12(13,14)15/h4-5H,6H2,1-3H3. The molecule has 94 valence electrons. The lowest BCUT2D eigenvalue weighted by Gasteiger charge is -2.13. The van der Waals surface area contributed by atoms with Crippen LogP contribution in [0.3, 0.4) is 0 Å². The van der Waals surface area contributed by atoms with Gasteiger partial charge < -0.3 is 4.74 Å². The summed E-state index contributed by atoms with van der Waals surface area (Å²) in [7, 11) is 1.34. The number of aryl methyl sites for hydroxylation is 1. The number of alkyl halides is 3. The molecule has 1 aromatic rings. The zero-order valence-electron chi connectivity index (χ0n) is 9.81. The van der Waals surface area contributed by atoms with Gasteiger partial charge in [0.05, 0.1) is 12.7 Å². The van der Waals surface area contributed by atoms with Crippen molar-refractivity contribution in [3.05, 3.63) is 28.8 Å². The first kappa shape index (κ1) is 13.5. The molecular weight excluding hydrogens is 233 g/mol. The van der Waals surface area contributed by atoms with E-state index < -0.39 is 18.4 Å². The van der Waals surface area contributed by atoms with E-state index >= 15 is 0 Å². The molecule has 0 unspecified atom stereocenters. The van der Waals surface area contributed by atoms with Crippen LogP contribution < -0.4 is 4.74 Å². The fourth-order valence-corrected chi connectivity index (χ4v) is 1.55. The van der Waals surface area contributed by atoms with Crippen LogP contribution >= 0.6 is 0 Å². The summed E-state index contributed by atoms with van der Waals surface area (Å²) in [6.45, 7) is 3.51. The molecule has 0 aliphatic rings. The van der Waals surface area contributed by atoms with Crippen LogP contribution in [0, 0.1) is 13.8 Å². The van der Waals surface area contributed by atoms with Crippen LogP contribution in [-0.4, -0.2) is 19.1 Å². The third-order valence-electron chi connectivity index (χ3n) is 2.54. The van der Waals surface area contributed by atoms with E-state index in [2.05, 4.69) is 0 Å². The highest BCUT2D eigenvalue weighted by molar-refractivity contribution is 5.99. The number of Topliss-reactive ketones (excluding diaryl/α,β-unsaturated/α-hetero) is 1. The van der Waals surface area contributed by atoms with Gasteiger partial charge in [0.25, 0.3) is 0 Å². The van der Waals surface area contributed by atoms with Gasteiger partial charge in [-0.05, 0) is 31.0 Å². The van der Waals surface area contributed by atoms with Gasteiger partial charge in [0.15, 0.2) is 5.78 Å². The molecule has 0 aliphatic heterocycles. The third kappa shape index (κ3) is 3.22. The van der Waals surface area contributed by atoms with Crippen molar-refractivity contribution >= 4 is 5.78 Å². The van der Waals surface area contributed by atoms with E-state index in [4.69, 9.17) is 4.74 Å². The summed E-state index contributed by atoms with van der Waals surface area (Å²) in [5.41, 5.74) is 1.53. The second-order valence-corrected chi connectivity index (χ2v) is 3.80. The average Bonchev–Trinajstić information content (AvgIpc) is 2.19. The molecule has 0 N–H and O–H groups in total. The molecule has 0 spiro atoms. The number of methoxy groups -OCH3 is 1. The predicted octanol–water partition coefficient (Wildman–Crippen LogP) is 3.45. The molecule has 0 bridgehead atoms. The molecule has 0 aliphatic carbocycles. The number of ketones is 1. The van der Waals surface area contributed by atoms with Crippen LogP contribution in [0.5, 0.6) is 5.75 Å². The van der Waals surface area contributed by atoms with Crippen molar-refractivity contribution in [1.29, 1.82) is 0 Å². The highest BCUT2D eigenvalue weighted by atomic mass is 19.4. The van der Waals surface area contributed by atoms with Crippen LogP contribution in [0.4, 0.5) is 13.2 Å². The van der Waals surface area contributed by atoms with Crippen LogP contribution in [-0.2, 0) is 0 Å². The van der Waals surface area contributed by atoms with Crippen LogP contribution in [0.25, 0.3) is 0 Å². The van der Waals surface area contributed by atoms with Crippen LogP contribution in [0.15, 0.2) is 12.1 Å². The Morgan fingerprint density at radius 2 is 1.88 bits per heavy atom. The first-order valence-electron chi connectivity index (χ1n) is 5.00. The van der Waals surface area contributed by atoms with Gasteiger partial charge in [-0.1, -0.05) is 6.07 Å². The second kappa shape index (κ2) is 4.77. The molecule has 17 heavy (non-hydrogen) atoms. The van der Waals surface area contributed by atoms with Gasteiger partial charge in [-0.25, -0.2) is 0 Å². The quantitative estimate of drug-likeness (QED) is 0.763. The summed E-state index contributed by atoms with van der Waals surface area (Å²) in [5.74, 6) is -0.753. The van der Waals surface area contributed by atoms with Crippen molar-refractivity contribution in [2.75, 3.05) is 7.11 Å². The molecule has 2 nitrogen and oxygen atoms in total. The summed E-state index contributed by atoms with van der Waals surface area (Å²) in [6, 6.07) is 2.98. The number of benzene rings is 1. The normalized spacial score (nSPS) is 11.4. The molecule has 0 heterocycles. The molecule has 0 amide bonds. The molecule has 0 saturated heterocycles. The Bertz CT molecular complexity index is 436. The maximum Gasteiger partial charge on any atom is 0.396 e. The molecule has 5 heteroatoms. The van der Waals surface area contributed by atoms with Crippen molar-refractivity contribution in [1.82, 2.24) is 0 Å². The van der Waals surface area contributed by atoms with Gasteiger partial charge in [-0.3, -0.25) is 4.79 Å². The Hall–Kier alpha value is -1.52. The van der Waals surface area contributed by atoms with E-state index in [1.165, 1.54) is 13.2 Å². The molecule has 0 radical (unpaired) electrons. The third-order valence-corrected chi connectivity index (χ3v) is 2.54.